The van der Waals surface area contributed by atoms with E-state index < -0.39 is 40.8 Å². The van der Waals surface area contributed by atoms with Gasteiger partial charge in [0.05, 0.1) is 16.9 Å². The van der Waals surface area contributed by atoms with Gasteiger partial charge in [-0.25, -0.2) is 13.2 Å². The molecule has 0 spiro atoms. The van der Waals surface area contributed by atoms with Crippen molar-refractivity contribution in [2.24, 2.45) is 0 Å². The van der Waals surface area contributed by atoms with Crippen LogP contribution in [0.15, 0.2) is 60.7 Å². The number of hydrogen-bond donors (Lipinski definition) is 2. The number of esters is 1. The van der Waals surface area contributed by atoms with Crippen molar-refractivity contribution >= 4 is 29.2 Å². The summed E-state index contributed by atoms with van der Waals surface area (Å²) in [5.74, 6) is -6.78. The van der Waals surface area contributed by atoms with Crippen LogP contribution in [0.1, 0.15) is 27.6 Å². The zero-order valence-corrected chi connectivity index (χ0v) is 16.0. The number of nitrogens with one attached hydrogen (secondary N) is 2. The minimum Gasteiger partial charge on any atom is -0.427 e. The second kappa shape index (κ2) is 9.12. The topological polar surface area (TPSA) is 84.5 Å². The molecule has 2 amide bonds. The summed E-state index contributed by atoms with van der Waals surface area (Å²) in [5, 5.41) is 4.93. The van der Waals surface area contributed by atoms with Gasteiger partial charge in [0.15, 0.2) is 17.5 Å². The molecule has 0 aliphatic carbocycles. The molecule has 9 heteroatoms. The molecule has 0 bridgehead atoms. The van der Waals surface area contributed by atoms with E-state index in [9.17, 15) is 27.6 Å². The van der Waals surface area contributed by atoms with E-state index in [1.165, 1.54) is 43.3 Å². The second-order valence-electron chi connectivity index (χ2n) is 6.30. The van der Waals surface area contributed by atoms with Crippen LogP contribution in [0.2, 0.25) is 0 Å². The first-order chi connectivity index (χ1) is 14.8. The molecule has 0 aromatic heterocycles. The molecule has 0 saturated heterocycles. The van der Waals surface area contributed by atoms with Crippen molar-refractivity contribution < 1.29 is 32.3 Å². The predicted molar refractivity (Wildman–Crippen MR) is 106 cm³/mol. The molecule has 6 nitrogen and oxygen atoms in total. The summed E-state index contributed by atoms with van der Waals surface area (Å²) in [6.45, 7) is 1.22. The number of benzene rings is 3. The van der Waals surface area contributed by atoms with Crippen LogP contribution < -0.4 is 15.4 Å². The zero-order chi connectivity index (χ0) is 22.5. The van der Waals surface area contributed by atoms with Gasteiger partial charge in [0, 0.05) is 12.5 Å². The van der Waals surface area contributed by atoms with E-state index in [2.05, 4.69) is 10.6 Å². The Bertz CT molecular complexity index is 1180. The highest BCUT2D eigenvalue weighted by Gasteiger charge is 2.20. The highest BCUT2D eigenvalue weighted by Crippen LogP contribution is 2.24. The van der Waals surface area contributed by atoms with E-state index >= 15 is 0 Å². The van der Waals surface area contributed by atoms with E-state index in [4.69, 9.17) is 4.74 Å². The fraction of sp³-hybridized carbons (Fsp3) is 0.0455. The number of rotatable bonds is 5. The average Bonchev–Trinajstić information content (AvgIpc) is 2.73. The average molecular weight is 428 g/mol. The normalized spacial score (nSPS) is 10.3. The summed E-state index contributed by atoms with van der Waals surface area (Å²) in [5.41, 5.74) is -0.261. The van der Waals surface area contributed by atoms with Crippen molar-refractivity contribution in [3.63, 3.8) is 0 Å². The van der Waals surface area contributed by atoms with Gasteiger partial charge in [-0.2, -0.15) is 0 Å². The second-order valence-corrected chi connectivity index (χ2v) is 6.30. The van der Waals surface area contributed by atoms with E-state index in [1.807, 2.05) is 0 Å². The lowest BCUT2D eigenvalue weighted by Gasteiger charge is -2.13. The van der Waals surface area contributed by atoms with Gasteiger partial charge in [-0.1, -0.05) is 18.2 Å². The van der Waals surface area contributed by atoms with Crippen LogP contribution in [-0.4, -0.2) is 17.8 Å². The molecule has 3 aromatic rings. The van der Waals surface area contributed by atoms with Crippen molar-refractivity contribution in [1.29, 1.82) is 0 Å². The SMILES string of the molecule is CC(=O)Oc1cccc(C(=O)Nc2ccccc2NC(=O)c2ccc(F)c(F)c2F)c1. The summed E-state index contributed by atoms with van der Waals surface area (Å²) in [6, 6.07) is 13.4. The van der Waals surface area contributed by atoms with Crippen molar-refractivity contribution in [2.75, 3.05) is 10.6 Å². The van der Waals surface area contributed by atoms with Crippen LogP contribution in [0.25, 0.3) is 0 Å². The Morgan fingerprint density at radius 1 is 0.774 bits per heavy atom. The molecule has 0 aliphatic rings. The van der Waals surface area contributed by atoms with Crippen LogP contribution in [0.3, 0.4) is 0 Å². The molecular formula is C22H15F3N2O4. The number of para-hydroxylation sites is 2. The Morgan fingerprint density at radius 3 is 2.06 bits per heavy atom. The summed E-state index contributed by atoms with van der Waals surface area (Å²) in [6.07, 6.45) is 0. The van der Waals surface area contributed by atoms with Crippen molar-refractivity contribution in [2.45, 2.75) is 6.92 Å². The number of amides is 2. The molecule has 0 aliphatic heterocycles. The van der Waals surface area contributed by atoms with Gasteiger partial charge in [-0.05, 0) is 42.5 Å². The summed E-state index contributed by atoms with van der Waals surface area (Å²) < 4.78 is 45.4. The van der Waals surface area contributed by atoms with Crippen LogP contribution >= 0.6 is 0 Å². The third-order valence-electron chi connectivity index (χ3n) is 4.06. The van der Waals surface area contributed by atoms with Gasteiger partial charge in [0.2, 0.25) is 0 Å². The molecule has 2 N–H and O–H groups in total. The third kappa shape index (κ3) is 5.08. The number of carbonyl (C=O) groups is 3. The van der Waals surface area contributed by atoms with Gasteiger partial charge < -0.3 is 15.4 Å². The van der Waals surface area contributed by atoms with Crippen LogP contribution in [-0.2, 0) is 4.79 Å². The van der Waals surface area contributed by atoms with Crippen molar-refractivity contribution in [3.05, 3.63) is 89.2 Å². The van der Waals surface area contributed by atoms with Gasteiger partial charge >= 0.3 is 5.97 Å². The lowest BCUT2D eigenvalue weighted by Crippen LogP contribution is -2.18. The zero-order valence-electron chi connectivity index (χ0n) is 16.0. The summed E-state index contributed by atoms with van der Waals surface area (Å²) >= 11 is 0. The first kappa shape index (κ1) is 21.6. The first-order valence-corrected chi connectivity index (χ1v) is 8.90. The highest BCUT2D eigenvalue weighted by atomic mass is 19.2. The maximum absolute atomic E-state index is 13.9. The molecule has 0 fully saturated rings. The van der Waals surface area contributed by atoms with Crippen molar-refractivity contribution in [3.8, 4) is 5.75 Å². The highest BCUT2D eigenvalue weighted by molar-refractivity contribution is 6.10. The Balaban J connectivity index is 1.81. The maximum atomic E-state index is 13.9. The molecule has 3 rings (SSSR count). The molecular weight excluding hydrogens is 413 g/mol. The first-order valence-electron chi connectivity index (χ1n) is 8.90. The van der Waals surface area contributed by atoms with Gasteiger partial charge in [0.1, 0.15) is 5.75 Å². The Morgan fingerprint density at radius 2 is 1.42 bits per heavy atom. The monoisotopic (exact) mass is 428 g/mol. The lowest BCUT2D eigenvalue weighted by atomic mass is 10.1. The third-order valence-corrected chi connectivity index (χ3v) is 4.06. The van der Waals surface area contributed by atoms with Crippen LogP contribution in [0, 0.1) is 17.5 Å². The number of anilines is 2. The number of ether oxygens (including phenoxy) is 1. The number of halogens is 3. The van der Waals surface area contributed by atoms with E-state index in [1.54, 1.807) is 12.1 Å². The summed E-state index contributed by atoms with van der Waals surface area (Å²) in [7, 11) is 0. The lowest BCUT2D eigenvalue weighted by molar-refractivity contribution is -0.131. The summed E-state index contributed by atoms with van der Waals surface area (Å²) in [4.78, 5) is 36.0. The maximum Gasteiger partial charge on any atom is 0.308 e. The van der Waals surface area contributed by atoms with Crippen LogP contribution in [0.5, 0.6) is 5.75 Å². The molecule has 0 atom stereocenters. The predicted octanol–water partition coefficient (Wildman–Crippen LogP) is 4.53. The Labute approximate surface area is 174 Å². The molecule has 158 valence electrons. The van der Waals surface area contributed by atoms with Gasteiger partial charge in [0.25, 0.3) is 11.8 Å². The fourth-order valence-corrected chi connectivity index (χ4v) is 2.65. The number of hydrogen-bond acceptors (Lipinski definition) is 4. The molecule has 3 aromatic carbocycles. The van der Waals surface area contributed by atoms with E-state index in [-0.39, 0.29) is 22.7 Å². The van der Waals surface area contributed by atoms with E-state index in [0.717, 1.165) is 6.07 Å². The molecule has 0 saturated carbocycles. The van der Waals surface area contributed by atoms with Gasteiger partial charge in [-0.3, -0.25) is 14.4 Å². The number of carbonyl (C=O) groups excluding carboxylic acids is 3. The smallest absolute Gasteiger partial charge is 0.308 e. The van der Waals surface area contributed by atoms with E-state index in [0.29, 0.717) is 6.07 Å². The minimum atomic E-state index is -1.76. The molecule has 31 heavy (non-hydrogen) atoms. The fourth-order valence-electron chi connectivity index (χ4n) is 2.65. The molecule has 0 unspecified atom stereocenters. The standard InChI is InChI=1S/C22H15F3N2O4/c1-12(28)31-14-6-4-5-13(11-14)21(29)26-17-7-2-3-8-18(17)27-22(30)15-9-10-16(23)20(25)19(15)24/h2-11H,1H3,(H,26,29)(H,27,30). The molecule has 0 radical (unpaired) electrons. The van der Waals surface area contributed by atoms with Crippen molar-refractivity contribution in [1.82, 2.24) is 0 Å². The van der Waals surface area contributed by atoms with Crippen LogP contribution in [0.4, 0.5) is 24.5 Å². The van der Waals surface area contributed by atoms with Gasteiger partial charge in [-0.15, -0.1) is 0 Å². The Kier molecular flexibility index (Phi) is 6.35. The Hall–Kier alpha value is -4.14. The largest absolute Gasteiger partial charge is 0.427 e. The minimum absolute atomic E-state index is 0.0983. The quantitative estimate of drug-likeness (QED) is 0.355. The molecule has 0 heterocycles.